The molecular weight excluding hydrogens is 476 g/mol. The smallest absolute Gasteiger partial charge is 0.251 e. The van der Waals surface area contributed by atoms with E-state index in [0.717, 1.165) is 49.2 Å². The maximum Gasteiger partial charge on any atom is 0.251 e. The molecule has 0 aliphatic carbocycles. The SMILES string of the molecule is CCCCn1ccc2ccc(C(=O)NC(Cc3cc(F)cc(F)c3)C(O)CCC3CCCC(=O)N3)cc21. The molecule has 1 saturated heterocycles. The molecule has 3 aromatic rings. The summed E-state index contributed by atoms with van der Waals surface area (Å²) in [5.74, 6) is -1.78. The molecule has 0 bridgehead atoms. The van der Waals surface area contributed by atoms with E-state index in [4.69, 9.17) is 0 Å². The third-order valence-electron chi connectivity index (χ3n) is 7.08. The molecule has 4 rings (SSSR count). The summed E-state index contributed by atoms with van der Waals surface area (Å²) >= 11 is 0. The van der Waals surface area contributed by atoms with Gasteiger partial charge in [0.2, 0.25) is 5.91 Å². The van der Waals surface area contributed by atoms with Gasteiger partial charge in [-0.25, -0.2) is 8.78 Å². The number of aryl methyl sites for hydroxylation is 1. The first kappa shape index (κ1) is 26.8. The Hall–Kier alpha value is -3.26. The van der Waals surface area contributed by atoms with Gasteiger partial charge < -0.3 is 20.3 Å². The largest absolute Gasteiger partial charge is 0.391 e. The van der Waals surface area contributed by atoms with Gasteiger partial charge in [0, 0.05) is 42.4 Å². The zero-order chi connectivity index (χ0) is 26.4. The van der Waals surface area contributed by atoms with Gasteiger partial charge in [-0.3, -0.25) is 9.59 Å². The van der Waals surface area contributed by atoms with Crippen LogP contribution in [0.2, 0.25) is 0 Å². The van der Waals surface area contributed by atoms with Crippen LogP contribution >= 0.6 is 0 Å². The molecule has 2 heterocycles. The summed E-state index contributed by atoms with van der Waals surface area (Å²) in [4.78, 5) is 25.0. The summed E-state index contributed by atoms with van der Waals surface area (Å²) < 4.78 is 29.8. The summed E-state index contributed by atoms with van der Waals surface area (Å²) in [6.07, 6.45) is 6.22. The van der Waals surface area contributed by atoms with Crippen LogP contribution in [-0.4, -0.2) is 39.7 Å². The molecule has 3 unspecified atom stereocenters. The Bertz CT molecular complexity index is 1220. The maximum atomic E-state index is 13.8. The second-order valence-electron chi connectivity index (χ2n) is 10.00. The molecule has 3 atom stereocenters. The van der Waals surface area contributed by atoms with E-state index < -0.39 is 23.8 Å². The number of aliphatic hydroxyl groups is 1. The fourth-order valence-corrected chi connectivity index (χ4v) is 5.04. The maximum absolute atomic E-state index is 13.8. The minimum absolute atomic E-state index is 0.00454. The number of rotatable bonds is 11. The highest BCUT2D eigenvalue weighted by Crippen LogP contribution is 2.21. The van der Waals surface area contributed by atoms with Crippen molar-refractivity contribution in [1.29, 1.82) is 0 Å². The second-order valence-corrected chi connectivity index (χ2v) is 10.00. The predicted octanol–water partition coefficient (Wildman–Crippen LogP) is 4.87. The molecule has 0 radical (unpaired) electrons. The Labute approximate surface area is 216 Å². The van der Waals surface area contributed by atoms with Crippen LogP contribution in [0, 0.1) is 11.6 Å². The molecule has 37 heavy (non-hydrogen) atoms. The van der Waals surface area contributed by atoms with Gasteiger partial charge in [0.15, 0.2) is 0 Å². The van der Waals surface area contributed by atoms with Crippen molar-refractivity contribution in [2.24, 2.45) is 0 Å². The number of piperidine rings is 1. The molecule has 1 aliphatic rings. The molecule has 198 valence electrons. The first-order valence-corrected chi connectivity index (χ1v) is 13.1. The summed E-state index contributed by atoms with van der Waals surface area (Å²) in [7, 11) is 0. The molecule has 1 aliphatic heterocycles. The number of amides is 2. The number of carbonyl (C=O) groups is 2. The van der Waals surface area contributed by atoms with Gasteiger partial charge in [-0.1, -0.05) is 19.4 Å². The number of aromatic nitrogens is 1. The highest BCUT2D eigenvalue weighted by molar-refractivity contribution is 5.98. The van der Waals surface area contributed by atoms with Crippen molar-refractivity contribution in [3.63, 3.8) is 0 Å². The van der Waals surface area contributed by atoms with Gasteiger partial charge in [0.05, 0.1) is 12.1 Å². The second kappa shape index (κ2) is 12.3. The van der Waals surface area contributed by atoms with Crippen LogP contribution in [0.15, 0.2) is 48.7 Å². The molecule has 3 N–H and O–H groups in total. The molecule has 6 nitrogen and oxygen atoms in total. The number of halogens is 2. The quantitative estimate of drug-likeness (QED) is 0.344. The highest BCUT2D eigenvalue weighted by atomic mass is 19.1. The average Bonchev–Trinajstić information content (AvgIpc) is 3.27. The molecule has 2 aromatic carbocycles. The molecule has 0 spiro atoms. The van der Waals surface area contributed by atoms with Gasteiger partial charge in [0.25, 0.3) is 5.91 Å². The summed E-state index contributed by atoms with van der Waals surface area (Å²) in [5.41, 5.74) is 1.75. The highest BCUT2D eigenvalue weighted by Gasteiger charge is 2.26. The minimum Gasteiger partial charge on any atom is -0.391 e. The van der Waals surface area contributed by atoms with E-state index in [1.807, 2.05) is 24.4 Å². The Balaban J connectivity index is 1.51. The van der Waals surface area contributed by atoms with E-state index in [1.165, 1.54) is 12.1 Å². The van der Waals surface area contributed by atoms with Crippen molar-refractivity contribution in [3.8, 4) is 0 Å². The lowest BCUT2D eigenvalue weighted by Crippen LogP contribution is -2.46. The molecule has 1 aromatic heterocycles. The van der Waals surface area contributed by atoms with Crippen molar-refractivity contribution < 1.29 is 23.5 Å². The van der Waals surface area contributed by atoms with E-state index in [2.05, 4.69) is 22.1 Å². The summed E-state index contributed by atoms with van der Waals surface area (Å²) in [6, 6.07) is 9.91. The van der Waals surface area contributed by atoms with Crippen molar-refractivity contribution in [2.75, 3.05) is 0 Å². The number of benzene rings is 2. The Morgan fingerprint density at radius 1 is 1.19 bits per heavy atom. The Morgan fingerprint density at radius 3 is 2.70 bits per heavy atom. The monoisotopic (exact) mass is 511 g/mol. The van der Waals surface area contributed by atoms with Crippen molar-refractivity contribution in [2.45, 2.75) is 83.0 Å². The van der Waals surface area contributed by atoms with Crippen LogP contribution in [0.5, 0.6) is 0 Å². The summed E-state index contributed by atoms with van der Waals surface area (Å²) in [5, 5.41) is 17.9. The molecule has 8 heteroatoms. The van der Waals surface area contributed by atoms with Crippen LogP contribution in [0.3, 0.4) is 0 Å². The molecular formula is C29H35F2N3O3. The Kier molecular flexibility index (Phi) is 8.92. The topological polar surface area (TPSA) is 83.4 Å². The van der Waals surface area contributed by atoms with Crippen molar-refractivity contribution >= 4 is 22.7 Å². The van der Waals surface area contributed by atoms with E-state index in [-0.39, 0.29) is 24.3 Å². The number of nitrogens with zero attached hydrogens (tertiary/aromatic N) is 1. The number of hydrogen-bond acceptors (Lipinski definition) is 3. The van der Waals surface area contributed by atoms with E-state index in [1.54, 1.807) is 6.07 Å². The van der Waals surface area contributed by atoms with Crippen LogP contribution in [0.4, 0.5) is 8.78 Å². The molecule has 2 amide bonds. The van der Waals surface area contributed by atoms with Crippen LogP contribution < -0.4 is 10.6 Å². The van der Waals surface area contributed by atoms with Crippen LogP contribution in [-0.2, 0) is 17.8 Å². The van der Waals surface area contributed by atoms with Gasteiger partial charge in [0.1, 0.15) is 11.6 Å². The van der Waals surface area contributed by atoms with Crippen LogP contribution in [0.1, 0.15) is 67.8 Å². The average molecular weight is 512 g/mol. The lowest BCUT2D eigenvalue weighted by Gasteiger charge is -2.28. The van der Waals surface area contributed by atoms with Crippen LogP contribution in [0.25, 0.3) is 10.9 Å². The minimum atomic E-state index is -0.966. The number of aliphatic hydroxyl groups excluding tert-OH is 1. The fourth-order valence-electron chi connectivity index (χ4n) is 5.04. The zero-order valence-corrected chi connectivity index (χ0v) is 21.2. The lowest BCUT2D eigenvalue weighted by atomic mass is 9.93. The van der Waals surface area contributed by atoms with Gasteiger partial charge >= 0.3 is 0 Å². The Morgan fingerprint density at radius 2 is 1.97 bits per heavy atom. The van der Waals surface area contributed by atoms with E-state index in [9.17, 15) is 23.5 Å². The van der Waals surface area contributed by atoms with Crippen molar-refractivity contribution in [3.05, 3.63) is 71.4 Å². The standard InChI is InChI=1S/C29H35F2N3O3/c1-2-3-12-34-13-11-20-7-8-21(17-26(20)34)29(37)33-25(16-19-14-22(30)18-23(31)15-19)27(35)10-9-24-5-4-6-28(36)32-24/h7-8,11,13-15,17-18,24-25,27,35H,2-6,9-10,12,16H2,1H3,(H,32,36)(H,33,37). The van der Waals surface area contributed by atoms with E-state index >= 15 is 0 Å². The predicted molar refractivity (Wildman–Crippen MR) is 139 cm³/mol. The van der Waals surface area contributed by atoms with Gasteiger partial charge in [-0.05, 0) is 79.8 Å². The summed E-state index contributed by atoms with van der Waals surface area (Å²) in [6.45, 7) is 2.98. The number of nitrogens with one attached hydrogen (secondary N) is 2. The van der Waals surface area contributed by atoms with Gasteiger partial charge in [-0.15, -0.1) is 0 Å². The van der Waals surface area contributed by atoms with Gasteiger partial charge in [-0.2, -0.15) is 0 Å². The zero-order valence-electron chi connectivity index (χ0n) is 21.2. The molecule has 0 saturated carbocycles. The number of carbonyl (C=O) groups excluding carboxylic acids is 2. The number of fused-ring (bicyclic) bond motifs is 1. The lowest BCUT2D eigenvalue weighted by molar-refractivity contribution is -0.123. The first-order chi connectivity index (χ1) is 17.8. The third-order valence-corrected chi connectivity index (χ3v) is 7.08. The van der Waals surface area contributed by atoms with Crippen molar-refractivity contribution in [1.82, 2.24) is 15.2 Å². The number of hydrogen-bond donors (Lipinski definition) is 3. The first-order valence-electron chi connectivity index (χ1n) is 13.1. The fraction of sp³-hybridized carbons (Fsp3) is 0.448. The molecule has 1 fully saturated rings. The third kappa shape index (κ3) is 7.16. The number of unbranched alkanes of at least 4 members (excludes halogenated alkanes) is 1. The normalized spacial score (nSPS) is 17.4. The van der Waals surface area contributed by atoms with E-state index in [0.29, 0.717) is 30.4 Å².